The number of alkyl halides is 3. The summed E-state index contributed by atoms with van der Waals surface area (Å²) in [5, 5.41) is -0.474. The second-order valence-electron chi connectivity index (χ2n) is 3.42. The number of H-pyrrole nitrogens is 1. The van der Waals surface area contributed by atoms with Gasteiger partial charge in [-0.1, -0.05) is 11.6 Å². The van der Waals surface area contributed by atoms with Crippen LogP contribution in [0.2, 0.25) is 5.02 Å². The minimum absolute atomic E-state index is 0.0622. The number of carbonyl (C=O) groups excluding carboxylic acids is 1. The highest BCUT2D eigenvalue weighted by Gasteiger charge is 2.34. The lowest BCUT2D eigenvalue weighted by Crippen LogP contribution is -2.05. The molecule has 0 atom stereocenters. The number of imidazole rings is 1. The number of esters is 1. The first-order valence-electron chi connectivity index (χ1n) is 4.67. The highest BCUT2D eigenvalue weighted by Crippen LogP contribution is 2.36. The van der Waals surface area contributed by atoms with Gasteiger partial charge in [-0.3, -0.25) is 0 Å². The molecule has 0 unspecified atom stereocenters. The number of aromatic amines is 1. The number of benzene rings is 1. The fourth-order valence-electron chi connectivity index (χ4n) is 1.44. The highest BCUT2D eigenvalue weighted by atomic mass is 35.5. The van der Waals surface area contributed by atoms with Crippen LogP contribution in [0.5, 0.6) is 0 Å². The van der Waals surface area contributed by atoms with Crippen molar-refractivity contribution in [3.63, 3.8) is 0 Å². The number of halogens is 4. The van der Waals surface area contributed by atoms with E-state index < -0.39 is 22.7 Å². The van der Waals surface area contributed by atoms with Crippen LogP contribution in [0.1, 0.15) is 16.2 Å². The predicted molar refractivity (Wildman–Crippen MR) is 57.4 cm³/mol. The van der Waals surface area contributed by atoms with Crippen LogP contribution in [0.15, 0.2) is 12.1 Å². The lowest BCUT2D eigenvalue weighted by Gasteiger charge is -2.07. The number of fused-ring (bicyclic) bond motifs is 1. The standard InChI is InChI=1S/C10H6ClF3N2O2/c1-18-9(17)8-15-6-2-4(10(12,13)14)5(11)3-7(6)16-8/h2-3H,1H3,(H,15,16). The average molecular weight is 279 g/mol. The first-order valence-corrected chi connectivity index (χ1v) is 5.05. The summed E-state index contributed by atoms with van der Waals surface area (Å²) in [6.07, 6.45) is -4.57. The third-order valence-electron chi connectivity index (χ3n) is 2.25. The first kappa shape index (κ1) is 12.7. The molecular weight excluding hydrogens is 273 g/mol. The summed E-state index contributed by atoms with van der Waals surface area (Å²) >= 11 is 5.52. The fourth-order valence-corrected chi connectivity index (χ4v) is 1.71. The number of hydrogen-bond acceptors (Lipinski definition) is 3. The quantitative estimate of drug-likeness (QED) is 0.816. The first-order chi connectivity index (χ1) is 8.32. The maximum absolute atomic E-state index is 12.6. The second-order valence-corrected chi connectivity index (χ2v) is 3.83. The third-order valence-corrected chi connectivity index (χ3v) is 2.57. The van der Waals surface area contributed by atoms with E-state index in [0.29, 0.717) is 0 Å². The van der Waals surface area contributed by atoms with E-state index in [1.807, 2.05) is 0 Å². The number of nitrogens with one attached hydrogen (secondary N) is 1. The summed E-state index contributed by atoms with van der Waals surface area (Å²) in [6.45, 7) is 0. The Morgan fingerprint density at radius 2 is 2.11 bits per heavy atom. The number of aromatic nitrogens is 2. The van der Waals surface area contributed by atoms with Crippen molar-refractivity contribution in [2.75, 3.05) is 7.11 Å². The molecule has 1 heterocycles. The van der Waals surface area contributed by atoms with Crippen LogP contribution in [0.25, 0.3) is 11.0 Å². The van der Waals surface area contributed by atoms with Gasteiger partial charge in [-0.25, -0.2) is 9.78 Å². The molecular formula is C10H6ClF3N2O2. The van der Waals surface area contributed by atoms with Crippen LogP contribution in [0, 0.1) is 0 Å². The number of rotatable bonds is 1. The molecule has 8 heteroatoms. The average Bonchev–Trinajstić information content (AvgIpc) is 2.68. The molecule has 1 N–H and O–H groups in total. The monoisotopic (exact) mass is 278 g/mol. The molecule has 2 rings (SSSR count). The van der Waals surface area contributed by atoms with Gasteiger partial charge in [-0.05, 0) is 12.1 Å². The van der Waals surface area contributed by atoms with Gasteiger partial charge in [0.25, 0.3) is 0 Å². The van der Waals surface area contributed by atoms with Gasteiger partial charge in [0.05, 0.1) is 28.7 Å². The summed E-state index contributed by atoms with van der Waals surface area (Å²) in [5.74, 6) is -0.946. The van der Waals surface area contributed by atoms with Gasteiger partial charge in [-0.2, -0.15) is 13.2 Å². The van der Waals surface area contributed by atoms with Crippen molar-refractivity contribution in [2.45, 2.75) is 6.18 Å². The van der Waals surface area contributed by atoms with Gasteiger partial charge in [0, 0.05) is 0 Å². The Morgan fingerprint density at radius 1 is 1.44 bits per heavy atom. The van der Waals surface area contributed by atoms with Crippen molar-refractivity contribution in [3.8, 4) is 0 Å². The van der Waals surface area contributed by atoms with E-state index in [4.69, 9.17) is 11.6 Å². The molecule has 0 bridgehead atoms. The molecule has 2 aromatic rings. The lowest BCUT2D eigenvalue weighted by atomic mass is 10.2. The molecule has 1 aromatic carbocycles. The number of nitrogens with zero attached hydrogens (tertiary/aromatic N) is 1. The predicted octanol–water partition coefficient (Wildman–Crippen LogP) is 3.02. The molecule has 18 heavy (non-hydrogen) atoms. The Bertz CT molecular complexity index is 621. The molecule has 0 saturated heterocycles. The van der Waals surface area contributed by atoms with Gasteiger partial charge in [0.15, 0.2) is 0 Å². The van der Waals surface area contributed by atoms with Crippen LogP contribution >= 0.6 is 11.6 Å². The molecule has 96 valence electrons. The van der Waals surface area contributed by atoms with E-state index in [9.17, 15) is 18.0 Å². The molecule has 0 saturated carbocycles. The van der Waals surface area contributed by atoms with E-state index in [2.05, 4.69) is 14.7 Å². The van der Waals surface area contributed by atoms with E-state index >= 15 is 0 Å². The number of hydrogen-bond donors (Lipinski definition) is 1. The molecule has 0 radical (unpaired) electrons. The minimum atomic E-state index is -4.57. The normalized spacial score (nSPS) is 11.8. The summed E-state index contributed by atoms with van der Waals surface area (Å²) in [4.78, 5) is 17.4. The molecule has 0 amide bonds. The van der Waals surface area contributed by atoms with Gasteiger partial charge >= 0.3 is 12.1 Å². The van der Waals surface area contributed by atoms with Crippen LogP contribution in [0.4, 0.5) is 13.2 Å². The molecule has 1 aromatic heterocycles. The number of ether oxygens (including phenoxy) is 1. The zero-order valence-electron chi connectivity index (χ0n) is 8.93. The Kier molecular flexibility index (Phi) is 2.94. The van der Waals surface area contributed by atoms with Crippen molar-refractivity contribution in [1.29, 1.82) is 0 Å². The Hall–Kier alpha value is -1.76. The Balaban J connectivity index is 2.61. The van der Waals surface area contributed by atoms with Crippen molar-refractivity contribution < 1.29 is 22.7 Å². The van der Waals surface area contributed by atoms with Crippen molar-refractivity contribution >= 4 is 28.6 Å². The van der Waals surface area contributed by atoms with Crippen molar-refractivity contribution in [2.24, 2.45) is 0 Å². The molecule has 0 spiro atoms. The van der Waals surface area contributed by atoms with Crippen LogP contribution in [-0.2, 0) is 10.9 Å². The van der Waals surface area contributed by atoms with Gasteiger partial charge in [0.1, 0.15) is 0 Å². The summed E-state index contributed by atoms with van der Waals surface area (Å²) < 4.78 is 42.2. The Morgan fingerprint density at radius 3 is 2.67 bits per heavy atom. The van der Waals surface area contributed by atoms with E-state index in [0.717, 1.165) is 19.2 Å². The molecule has 4 nitrogen and oxygen atoms in total. The molecule has 0 fully saturated rings. The van der Waals surface area contributed by atoms with Crippen molar-refractivity contribution in [3.05, 3.63) is 28.5 Å². The third kappa shape index (κ3) is 2.13. The summed E-state index contributed by atoms with van der Waals surface area (Å²) in [7, 11) is 1.14. The maximum Gasteiger partial charge on any atom is 0.417 e. The molecule has 0 aliphatic heterocycles. The highest BCUT2D eigenvalue weighted by molar-refractivity contribution is 6.32. The molecule has 0 aliphatic carbocycles. The van der Waals surface area contributed by atoms with Crippen LogP contribution in [-0.4, -0.2) is 23.0 Å². The summed E-state index contributed by atoms with van der Waals surface area (Å²) in [6, 6.07) is 1.85. The molecule has 0 aliphatic rings. The van der Waals surface area contributed by atoms with Crippen molar-refractivity contribution in [1.82, 2.24) is 9.97 Å². The Labute approximate surface area is 104 Å². The number of methoxy groups -OCH3 is 1. The smallest absolute Gasteiger partial charge is 0.417 e. The fraction of sp³-hybridized carbons (Fsp3) is 0.200. The van der Waals surface area contributed by atoms with Gasteiger partial charge < -0.3 is 9.72 Å². The topological polar surface area (TPSA) is 55.0 Å². The summed E-state index contributed by atoms with van der Waals surface area (Å²) in [5.41, 5.74) is -0.766. The zero-order chi connectivity index (χ0) is 13.5. The number of carbonyl (C=O) groups is 1. The van der Waals surface area contributed by atoms with Crippen LogP contribution in [0.3, 0.4) is 0 Å². The zero-order valence-corrected chi connectivity index (χ0v) is 9.69. The minimum Gasteiger partial charge on any atom is -0.463 e. The van der Waals surface area contributed by atoms with E-state index in [1.165, 1.54) is 0 Å². The SMILES string of the molecule is COC(=O)c1nc2cc(Cl)c(C(F)(F)F)cc2[nH]1. The second kappa shape index (κ2) is 4.16. The lowest BCUT2D eigenvalue weighted by molar-refractivity contribution is -0.137. The van der Waals surface area contributed by atoms with E-state index in [1.54, 1.807) is 0 Å². The van der Waals surface area contributed by atoms with Gasteiger partial charge in [0.2, 0.25) is 5.82 Å². The van der Waals surface area contributed by atoms with Gasteiger partial charge in [-0.15, -0.1) is 0 Å². The van der Waals surface area contributed by atoms with Crippen LogP contribution < -0.4 is 0 Å². The maximum atomic E-state index is 12.6. The largest absolute Gasteiger partial charge is 0.463 e. The van der Waals surface area contributed by atoms with E-state index in [-0.39, 0.29) is 16.9 Å².